The Bertz CT molecular complexity index is 1540. The number of carbonyl (C=O) groups is 2. The van der Waals surface area contributed by atoms with Crippen LogP contribution in [0, 0.1) is 6.92 Å². The zero-order valence-electron chi connectivity index (χ0n) is 22.1. The second-order valence-corrected chi connectivity index (χ2v) is 10.5. The van der Waals surface area contributed by atoms with E-state index in [0.29, 0.717) is 34.4 Å². The highest BCUT2D eigenvalue weighted by molar-refractivity contribution is 7.22. The predicted octanol–water partition coefficient (Wildman–Crippen LogP) is 6.81. The summed E-state index contributed by atoms with van der Waals surface area (Å²) in [4.78, 5) is 33.1. The fourth-order valence-electron chi connectivity index (χ4n) is 4.66. The van der Waals surface area contributed by atoms with Gasteiger partial charge >= 0.3 is 5.91 Å². The van der Waals surface area contributed by atoms with Gasteiger partial charge in [-0.2, -0.15) is 0 Å². The van der Waals surface area contributed by atoms with Crippen molar-refractivity contribution in [2.75, 3.05) is 18.6 Å². The first-order chi connectivity index (χ1) is 18.9. The topological polar surface area (TPSA) is 89.0 Å². The number of aromatic nitrogens is 1. The molecular formula is C31H30N2O5S. The van der Waals surface area contributed by atoms with Crippen LogP contribution in [0.4, 0.5) is 5.13 Å². The van der Waals surface area contributed by atoms with Crippen molar-refractivity contribution < 1.29 is 24.2 Å². The number of hydrogen-bond acceptors (Lipinski definition) is 7. The molecule has 0 radical (unpaired) electrons. The predicted molar refractivity (Wildman–Crippen MR) is 154 cm³/mol. The summed E-state index contributed by atoms with van der Waals surface area (Å²) in [5.41, 5.74) is 2.91. The summed E-state index contributed by atoms with van der Waals surface area (Å²) in [7, 11) is 1.55. The molecule has 1 saturated heterocycles. The van der Waals surface area contributed by atoms with Crippen molar-refractivity contribution in [3.8, 4) is 11.5 Å². The fraction of sp³-hybridized carbons (Fsp3) is 0.258. The van der Waals surface area contributed by atoms with E-state index >= 15 is 0 Å². The van der Waals surface area contributed by atoms with Crippen molar-refractivity contribution in [3.05, 3.63) is 89.0 Å². The van der Waals surface area contributed by atoms with E-state index in [1.807, 2.05) is 49.4 Å². The average Bonchev–Trinajstić information content (AvgIpc) is 3.48. The van der Waals surface area contributed by atoms with Gasteiger partial charge in [-0.1, -0.05) is 49.3 Å². The lowest BCUT2D eigenvalue weighted by atomic mass is 9.95. The number of thiazole rings is 1. The van der Waals surface area contributed by atoms with Crippen molar-refractivity contribution >= 4 is 44.1 Å². The van der Waals surface area contributed by atoms with Crippen LogP contribution in [-0.2, 0) is 9.59 Å². The summed E-state index contributed by atoms with van der Waals surface area (Å²) in [6, 6.07) is 19.0. The minimum absolute atomic E-state index is 0.0113. The van der Waals surface area contributed by atoms with Crippen LogP contribution in [0.1, 0.15) is 48.9 Å². The number of ether oxygens (including phenoxy) is 2. The van der Waals surface area contributed by atoms with E-state index in [2.05, 4.69) is 11.9 Å². The molecule has 8 heteroatoms. The van der Waals surface area contributed by atoms with Crippen molar-refractivity contribution in [2.24, 2.45) is 0 Å². The van der Waals surface area contributed by atoms with E-state index < -0.39 is 17.7 Å². The lowest BCUT2D eigenvalue weighted by Crippen LogP contribution is -2.29. The highest BCUT2D eigenvalue weighted by Crippen LogP contribution is 2.44. The van der Waals surface area contributed by atoms with E-state index in [1.54, 1.807) is 31.4 Å². The van der Waals surface area contributed by atoms with E-state index in [1.165, 1.54) is 16.2 Å². The van der Waals surface area contributed by atoms with Crippen molar-refractivity contribution in [2.45, 2.75) is 39.2 Å². The number of ketones is 1. The first-order valence-corrected chi connectivity index (χ1v) is 13.8. The van der Waals surface area contributed by atoms with Gasteiger partial charge in [0.2, 0.25) is 0 Å². The molecule has 1 aliphatic heterocycles. The summed E-state index contributed by atoms with van der Waals surface area (Å²) >= 11 is 1.34. The second kappa shape index (κ2) is 11.3. The maximum Gasteiger partial charge on any atom is 0.301 e. The summed E-state index contributed by atoms with van der Waals surface area (Å²) in [5, 5.41) is 11.8. The van der Waals surface area contributed by atoms with Crippen molar-refractivity contribution in [1.29, 1.82) is 0 Å². The molecule has 0 spiro atoms. The number of aryl methyl sites for hydroxylation is 1. The molecule has 1 atom stereocenters. The van der Waals surface area contributed by atoms with Gasteiger partial charge in [-0.3, -0.25) is 14.5 Å². The average molecular weight is 543 g/mol. The Morgan fingerprint density at radius 1 is 1.00 bits per heavy atom. The van der Waals surface area contributed by atoms with Crippen LogP contribution in [0.2, 0.25) is 0 Å². The van der Waals surface area contributed by atoms with Crippen LogP contribution < -0.4 is 14.4 Å². The lowest BCUT2D eigenvalue weighted by molar-refractivity contribution is -0.132. The zero-order valence-corrected chi connectivity index (χ0v) is 23.0. The molecule has 1 fully saturated rings. The Morgan fingerprint density at radius 2 is 1.72 bits per heavy atom. The Morgan fingerprint density at radius 3 is 2.41 bits per heavy atom. The molecule has 1 aromatic heterocycles. The van der Waals surface area contributed by atoms with E-state index in [9.17, 15) is 14.7 Å². The maximum atomic E-state index is 13.5. The van der Waals surface area contributed by atoms with Gasteiger partial charge < -0.3 is 14.6 Å². The maximum absolute atomic E-state index is 13.5. The smallest absolute Gasteiger partial charge is 0.301 e. The van der Waals surface area contributed by atoms with E-state index in [4.69, 9.17) is 9.47 Å². The van der Waals surface area contributed by atoms with Gasteiger partial charge in [0.1, 0.15) is 17.3 Å². The Hall–Kier alpha value is -4.17. The number of aliphatic hydroxyl groups excluding tert-OH is 1. The number of methoxy groups -OCH3 is 1. The number of rotatable bonds is 9. The highest BCUT2D eigenvalue weighted by atomic mass is 32.1. The molecule has 1 amide bonds. The van der Waals surface area contributed by atoms with E-state index in [0.717, 1.165) is 35.0 Å². The molecule has 5 rings (SSSR count). The molecule has 0 saturated carbocycles. The number of unbranched alkanes of at least 4 members (excludes halogenated alkanes) is 2. The zero-order chi connectivity index (χ0) is 27.5. The number of carbonyl (C=O) groups excluding carboxylic acids is 2. The molecule has 1 unspecified atom stereocenters. The second-order valence-electron chi connectivity index (χ2n) is 9.49. The molecule has 0 bridgehead atoms. The molecule has 200 valence electrons. The van der Waals surface area contributed by atoms with Crippen LogP contribution in [0.25, 0.3) is 16.0 Å². The summed E-state index contributed by atoms with van der Waals surface area (Å²) in [6.45, 7) is 4.75. The number of benzene rings is 3. The number of fused-ring (bicyclic) bond motifs is 1. The molecule has 4 aromatic rings. The number of Topliss-reactive ketones (excluding diaryl/α,β-unsaturated/α-hetero) is 1. The number of aliphatic hydroxyl groups is 1. The normalized spacial score (nSPS) is 16.7. The third kappa shape index (κ3) is 5.25. The summed E-state index contributed by atoms with van der Waals surface area (Å²) < 4.78 is 12.0. The van der Waals surface area contributed by atoms with Crippen LogP contribution in [0.5, 0.6) is 11.5 Å². The van der Waals surface area contributed by atoms with Crippen LogP contribution in [0.3, 0.4) is 0 Å². The summed E-state index contributed by atoms with van der Waals surface area (Å²) in [5.74, 6) is -0.421. The van der Waals surface area contributed by atoms with Gasteiger partial charge in [-0.15, -0.1) is 0 Å². The first-order valence-electron chi connectivity index (χ1n) is 13.0. The van der Waals surface area contributed by atoms with Gasteiger partial charge in [0.05, 0.1) is 35.5 Å². The Kier molecular flexibility index (Phi) is 7.65. The number of anilines is 1. The molecule has 3 aromatic carbocycles. The fourth-order valence-corrected chi connectivity index (χ4v) is 5.75. The number of nitrogens with zero attached hydrogens (tertiary/aromatic N) is 2. The van der Waals surface area contributed by atoms with Crippen LogP contribution in [0.15, 0.2) is 72.3 Å². The van der Waals surface area contributed by atoms with Gasteiger partial charge in [-0.25, -0.2) is 4.98 Å². The van der Waals surface area contributed by atoms with Crippen molar-refractivity contribution in [3.63, 3.8) is 0 Å². The molecule has 0 aliphatic carbocycles. The Balaban J connectivity index is 1.59. The SMILES string of the molecule is CCCCCOc1ccc(C2C(=C(O)c3ccc(OC)cc3)C(=O)C(=O)N2c2nc3ccc(C)cc3s2)cc1. The monoisotopic (exact) mass is 542 g/mol. The molecule has 7 nitrogen and oxygen atoms in total. The minimum Gasteiger partial charge on any atom is -0.507 e. The highest BCUT2D eigenvalue weighted by Gasteiger charge is 2.48. The molecular weight excluding hydrogens is 512 g/mol. The third-order valence-corrected chi connectivity index (χ3v) is 7.78. The van der Waals surface area contributed by atoms with Crippen LogP contribution >= 0.6 is 11.3 Å². The van der Waals surface area contributed by atoms with Gasteiger partial charge in [0.25, 0.3) is 5.78 Å². The van der Waals surface area contributed by atoms with Gasteiger partial charge in [-0.05, 0) is 73.0 Å². The Labute approximate surface area is 231 Å². The molecule has 39 heavy (non-hydrogen) atoms. The molecule has 2 heterocycles. The standard InChI is InChI=1S/C31H30N2O5S/c1-4-5-6-17-38-23-14-8-20(9-15-23)27-26(28(34)21-10-12-22(37-3)13-11-21)29(35)30(36)33(27)31-32-24-16-7-19(2)18-25(24)39-31/h7-16,18,27,34H,4-6,17H2,1-3H3. The van der Waals surface area contributed by atoms with E-state index in [-0.39, 0.29) is 11.3 Å². The third-order valence-electron chi connectivity index (χ3n) is 6.76. The van der Waals surface area contributed by atoms with Crippen molar-refractivity contribution in [1.82, 2.24) is 4.98 Å². The van der Waals surface area contributed by atoms with Crippen LogP contribution in [-0.4, -0.2) is 35.5 Å². The number of amides is 1. The summed E-state index contributed by atoms with van der Waals surface area (Å²) in [6.07, 6.45) is 3.18. The molecule has 1 N–H and O–H groups in total. The number of hydrogen-bond donors (Lipinski definition) is 1. The largest absolute Gasteiger partial charge is 0.507 e. The quantitative estimate of drug-likeness (QED) is 0.108. The first kappa shape index (κ1) is 26.4. The minimum atomic E-state index is -0.858. The van der Waals surface area contributed by atoms with Gasteiger partial charge in [0, 0.05) is 5.56 Å². The lowest BCUT2D eigenvalue weighted by Gasteiger charge is -2.23. The molecule has 1 aliphatic rings. The van der Waals surface area contributed by atoms with Gasteiger partial charge in [0.15, 0.2) is 5.13 Å².